The van der Waals surface area contributed by atoms with Crippen molar-refractivity contribution >= 4 is 6.03 Å². The topological polar surface area (TPSA) is 61.8 Å². The van der Waals surface area contributed by atoms with E-state index in [0.717, 1.165) is 12.8 Å². The predicted octanol–water partition coefficient (Wildman–Crippen LogP) is 2.70. The lowest BCUT2D eigenvalue weighted by atomic mass is 10.1. The first-order valence-corrected chi connectivity index (χ1v) is 7.98. The van der Waals surface area contributed by atoms with Gasteiger partial charge in [0.2, 0.25) is 0 Å². The van der Waals surface area contributed by atoms with Crippen LogP contribution >= 0.6 is 0 Å². The molecule has 1 saturated carbocycles. The van der Waals surface area contributed by atoms with Crippen molar-refractivity contribution < 1.29 is 19.0 Å². The molecule has 1 aromatic carbocycles. The highest BCUT2D eigenvalue weighted by Crippen LogP contribution is 2.30. The van der Waals surface area contributed by atoms with Gasteiger partial charge in [-0.2, -0.15) is 0 Å². The number of nitrogens with one attached hydrogen (secondary N) is 1. The van der Waals surface area contributed by atoms with Gasteiger partial charge in [-0.1, -0.05) is 6.07 Å². The quantitative estimate of drug-likeness (QED) is 0.810. The number of nitrogens with zero attached hydrogens (tertiary/aromatic N) is 1. The van der Waals surface area contributed by atoms with E-state index in [1.54, 1.807) is 33.0 Å². The van der Waals surface area contributed by atoms with Crippen LogP contribution in [-0.2, 0) is 0 Å². The van der Waals surface area contributed by atoms with Crippen molar-refractivity contribution in [2.75, 3.05) is 20.2 Å². The monoisotopic (exact) mass is 324 g/mol. The number of carbonyl (C=O) groups is 1. The van der Waals surface area contributed by atoms with Crippen molar-refractivity contribution in [3.63, 3.8) is 0 Å². The molecule has 0 spiro atoms. The van der Waals surface area contributed by atoms with Crippen LogP contribution in [-0.4, -0.2) is 42.3 Å². The molecule has 128 valence electrons. The number of carbonyl (C=O) groups excluding carboxylic acids is 1. The number of hydrogen-bond donors (Lipinski definition) is 2. The van der Waals surface area contributed by atoms with Crippen LogP contribution in [0.15, 0.2) is 18.2 Å². The Balaban J connectivity index is 1.91. The van der Waals surface area contributed by atoms with Gasteiger partial charge in [-0.3, -0.25) is 0 Å². The zero-order valence-electron chi connectivity index (χ0n) is 13.9. The Kier molecular flexibility index (Phi) is 5.82. The highest BCUT2D eigenvalue weighted by Gasteiger charge is 2.22. The van der Waals surface area contributed by atoms with E-state index in [9.17, 15) is 14.3 Å². The van der Waals surface area contributed by atoms with Gasteiger partial charge in [-0.25, -0.2) is 9.18 Å². The first kappa shape index (κ1) is 17.5. The third kappa shape index (κ3) is 5.39. The van der Waals surface area contributed by atoms with Crippen LogP contribution in [0, 0.1) is 11.7 Å². The Morgan fingerprint density at radius 1 is 1.48 bits per heavy atom. The van der Waals surface area contributed by atoms with Crippen LogP contribution in [0.25, 0.3) is 0 Å². The summed E-state index contributed by atoms with van der Waals surface area (Å²) in [6.07, 6.45) is 1.72. The molecule has 6 heteroatoms. The Morgan fingerprint density at radius 3 is 2.74 bits per heavy atom. The summed E-state index contributed by atoms with van der Waals surface area (Å²) < 4.78 is 19.5. The summed E-state index contributed by atoms with van der Waals surface area (Å²) in [5, 5.41) is 12.1. The Labute approximate surface area is 136 Å². The number of rotatable bonds is 7. The zero-order valence-corrected chi connectivity index (χ0v) is 13.9. The Hall–Kier alpha value is -1.82. The number of hydrogen-bond acceptors (Lipinski definition) is 3. The average molecular weight is 324 g/mol. The third-order valence-electron chi connectivity index (χ3n) is 3.85. The van der Waals surface area contributed by atoms with E-state index in [4.69, 9.17) is 4.74 Å². The van der Waals surface area contributed by atoms with Crippen molar-refractivity contribution in [1.29, 1.82) is 0 Å². The van der Waals surface area contributed by atoms with Gasteiger partial charge in [-0.05, 0) is 50.3 Å². The van der Waals surface area contributed by atoms with Gasteiger partial charge in [0.15, 0.2) is 11.6 Å². The minimum Gasteiger partial charge on any atom is -0.490 e. The molecule has 23 heavy (non-hydrogen) atoms. The highest BCUT2D eigenvalue weighted by atomic mass is 19.1. The molecule has 2 unspecified atom stereocenters. The molecular formula is C17H25FN2O3. The minimum absolute atomic E-state index is 0.237. The van der Waals surface area contributed by atoms with E-state index < -0.39 is 11.9 Å². The number of ether oxygens (including phenoxy) is 1. The van der Waals surface area contributed by atoms with Gasteiger partial charge in [0, 0.05) is 13.6 Å². The first-order valence-electron chi connectivity index (χ1n) is 7.98. The van der Waals surface area contributed by atoms with E-state index in [2.05, 4.69) is 5.32 Å². The summed E-state index contributed by atoms with van der Waals surface area (Å²) in [4.78, 5) is 13.4. The summed E-state index contributed by atoms with van der Waals surface area (Å²) in [6.45, 7) is 4.20. The molecule has 0 aliphatic heterocycles. The number of halogens is 1. The van der Waals surface area contributed by atoms with Crippen LogP contribution in [0.2, 0.25) is 0 Å². The molecule has 0 saturated heterocycles. The summed E-state index contributed by atoms with van der Waals surface area (Å²) in [5.41, 5.74) is 0.667. The lowest BCUT2D eigenvalue weighted by molar-refractivity contribution is 0.142. The maximum Gasteiger partial charge on any atom is 0.317 e. The normalized spacial score (nSPS) is 16.6. The van der Waals surface area contributed by atoms with E-state index in [1.165, 1.54) is 11.0 Å². The van der Waals surface area contributed by atoms with Crippen LogP contribution in [0.5, 0.6) is 5.75 Å². The van der Waals surface area contributed by atoms with Gasteiger partial charge < -0.3 is 20.1 Å². The lowest BCUT2D eigenvalue weighted by Crippen LogP contribution is -2.41. The summed E-state index contributed by atoms with van der Waals surface area (Å²) in [6, 6.07) is 4.10. The Bertz CT molecular complexity index is 547. The van der Waals surface area contributed by atoms with Gasteiger partial charge in [-0.15, -0.1) is 0 Å². The number of likely N-dealkylation sites (N-methyl/N-ethyl adjacent to an activating group) is 1. The van der Waals surface area contributed by atoms with E-state index >= 15 is 0 Å². The molecule has 2 N–H and O–H groups in total. The van der Waals surface area contributed by atoms with Gasteiger partial charge >= 0.3 is 6.03 Å². The molecule has 5 nitrogen and oxygen atoms in total. The maximum atomic E-state index is 14.1. The average Bonchev–Trinajstić information content (AvgIpc) is 3.29. The summed E-state index contributed by atoms with van der Waals surface area (Å²) in [7, 11) is 1.60. The molecule has 0 radical (unpaired) electrons. The summed E-state index contributed by atoms with van der Waals surface area (Å²) in [5.74, 6) is 0.406. The largest absolute Gasteiger partial charge is 0.490 e. The molecule has 1 aromatic rings. The number of benzene rings is 1. The summed E-state index contributed by atoms with van der Waals surface area (Å²) >= 11 is 0. The van der Waals surface area contributed by atoms with Gasteiger partial charge in [0.1, 0.15) is 0 Å². The van der Waals surface area contributed by atoms with Crippen LogP contribution in [0.4, 0.5) is 9.18 Å². The molecule has 0 aromatic heterocycles. The predicted molar refractivity (Wildman–Crippen MR) is 85.9 cm³/mol. The standard InChI is InChI=1S/C17H25FN2O3/c1-11(21)9-20(3)17(22)19-12(2)14-6-7-16(15(18)8-14)23-10-13-4-5-13/h6-8,11-13,21H,4-5,9-10H2,1-3H3,(H,19,22). The Morgan fingerprint density at radius 2 is 2.17 bits per heavy atom. The first-order chi connectivity index (χ1) is 10.9. The minimum atomic E-state index is -0.596. The SMILES string of the molecule is CC(O)CN(C)C(=O)NC(C)c1ccc(OCC2CC2)c(F)c1. The third-order valence-corrected chi connectivity index (χ3v) is 3.85. The van der Waals surface area contributed by atoms with Crippen LogP contribution in [0.3, 0.4) is 0 Å². The van der Waals surface area contributed by atoms with E-state index in [1.807, 2.05) is 0 Å². The van der Waals surface area contributed by atoms with Crippen LogP contribution < -0.4 is 10.1 Å². The molecular weight excluding hydrogens is 299 g/mol. The van der Waals surface area contributed by atoms with Crippen LogP contribution in [0.1, 0.15) is 38.3 Å². The molecule has 0 heterocycles. The lowest BCUT2D eigenvalue weighted by Gasteiger charge is -2.22. The fourth-order valence-corrected chi connectivity index (χ4v) is 2.25. The molecule has 1 aliphatic rings. The molecule has 0 bridgehead atoms. The van der Waals surface area contributed by atoms with Gasteiger partial charge in [0.05, 0.1) is 18.8 Å². The van der Waals surface area contributed by atoms with Gasteiger partial charge in [0.25, 0.3) is 0 Å². The highest BCUT2D eigenvalue weighted by molar-refractivity contribution is 5.74. The van der Waals surface area contributed by atoms with E-state index in [-0.39, 0.29) is 24.4 Å². The van der Waals surface area contributed by atoms with Crippen molar-refractivity contribution in [2.24, 2.45) is 5.92 Å². The number of urea groups is 1. The van der Waals surface area contributed by atoms with Crippen molar-refractivity contribution in [2.45, 2.75) is 38.8 Å². The smallest absolute Gasteiger partial charge is 0.317 e. The van der Waals surface area contributed by atoms with Crippen molar-refractivity contribution in [3.05, 3.63) is 29.6 Å². The van der Waals surface area contributed by atoms with Crippen molar-refractivity contribution in [1.82, 2.24) is 10.2 Å². The molecule has 2 atom stereocenters. The van der Waals surface area contributed by atoms with E-state index in [0.29, 0.717) is 18.1 Å². The number of amides is 2. The molecule has 2 rings (SSSR count). The fraction of sp³-hybridized carbons (Fsp3) is 0.588. The second-order valence-corrected chi connectivity index (χ2v) is 6.34. The maximum absolute atomic E-state index is 14.1. The molecule has 2 amide bonds. The second kappa shape index (κ2) is 7.64. The number of aliphatic hydroxyl groups excluding tert-OH is 1. The second-order valence-electron chi connectivity index (χ2n) is 6.34. The zero-order chi connectivity index (χ0) is 17.0. The van der Waals surface area contributed by atoms with Crippen molar-refractivity contribution in [3.8, 4) is 5.75 Å². The molecule has 1 aliphatic carbocycles. The fourth-order valence-electron chi connectivity index (χ4n) is 2.25. The number of aliphatic hydroxyl groups is 1. The molecule has 1 fully saturated rings.